The summed E-state index contributed by atoms with van der Waals surface area (Å²) in [6.07, 6.45) is 2.42. The summed E-state index contributed by atoms with van der Waals surface area (Å²) < 4.78 is 1.26. The average Bonchev–Trinajstić information content (AvgIpc) is 2.44. The van der Waals surface area contributed by atoms with E-state index in [4.69, 9.17) is 0 Å². The first-order valence-electron chi connectivity index (χ1n) is 5.34. The number of halogens is 1. The Balaban J connectivity index is 2.49. The molecule has 0 saturated heterocycles. The Hall–Kier alpha value is 0.140. The third kappa shape index (κ3) is 4.25. The Morgan fingerprint density at radius 3 is 2.60 bits per heavy atom. The predicted molar refractivity (Wildman–Crippen MR) is 72.8 cm³/mol. The third-order valence-electron chi connectivity index (χ3n) is 2.61. The van der Waals surface area contributed by atoms with Crippen molar-refractivity contribution in [2.45, 2.75) is 33.6 Å². The first-order chi connectivity index (χ1) is 6.94. The summed E-state index contributed by atoms with van der Waals surface area (Å²) in [5, 5.41) is 3.25. The molecular formula is C12H20BrNS. The molecule has 3 heteroatoms. The number of hydrogen-bond acceptors (Lipinski definition) is 2. The Morgan fingerprint density at radius 1 is 1.47 bits per heavy atom. The molecule has 0 spiro atoms. The molecule has 0 aliphatic rings. The van der Waals surface area contributed by atoms with Crippen LogP contribution in [-0.2, 0) is 6.42 Å². The van der Waals surface area contributed by atoms with Gasteiger partial charge in [0.2, 0.25) is 0 Å². The van der Waals surface area contributed by atoms with Crippen LogP contribution in [0.3, 0.4) is 0 Å². The zero-order valence-corrected chi connectivity index (χ0v) is 12.4. The van der Waals surface area contributed by atoms with Crippen LogP contribution in [0.5, 0.6) is 0 Å². The number of rotatable bonds is 5. The predicted octanol–water partition coefficient (Wildman–Crippen LogP) is 4.00. The van der Waals surface area contributed by atoms with Crippen LogP contribution in [-0.4, -0.2) is 13.6 Å². The molecule has 0 saturated carbocycles. The Morgan fingerprint density at radius 2 is 2.13 bits per heavy atom. The summed E-state index contributed by atoms with van der Waals surface area (Å²) in [5.41, 5.74) is 0.388. The Labute approximate surface area is 105 Å². The molecule has 1 heterocycles. The van der Waals surface area contributed by atoms with Gasteiger partial charge in [0.05, 0.1) is 0 Å². The SMILES string of the molecule is CNCC(C)(C)CCc1cc(Br)c(C)s1. The molecule has 15 heavy (non-hydrogen) atoms. The van der Waals surface area contributed by atoms with Gasteiger partial charge in [-0.25, -0.2) is 0 Å². The standard InChI is InChI=1S/C12H20BrNS/c1-9-11(13)7-10(15-9)5-6-12(2,3)8-14-4/h7,14H,5-6,8H2,1-4H3. The normalized spacial score (nSPS) is 12.1. The number of aryl methyl sites for hydroxylation is 2. The highest BCUT2D eigenvalue weighted by atomic mass is 79.9. The van der Waals surface area contributed by atoms with Crippen LogP contribution in [0.2, 0.25) is 0 Å². The molecule has 86 valence electrons. The fraction of sp³-hybridized carbons (Fsp3) is 0.667. The second kappa shape index (κ2) is 5.46. The molecule has 0 aliphatic heterocycles. The molecule has 1 nitrogen and oxygen atoms in total. The van der Waals surface area contributed by atoms with E-state index >= 15 is 0 Å². The first kappa shape index (κ1) is 13.2. The van der Waals surface area contributed by atoms with E-state index in [-0.39, 0.29) is 0 Å². The van der Waals surface area contributed by atoms with Gasteiger partial charge in [0.15, 0.2) is 0 Å². The van der Waals surface area contributed by atoms with Gasteiger partial charge in [0.25, 0.3) is 0 Å². The highest BCUT2D eigenvalue weighted by Gasteiger charge is 2.17. The van der Waals surface area contributed by atoms with Crippen molar-refractivity contribution >= 4 is 27.3 Å². The number of hydrogen-bond donors (Lipinski definition) is 1. The van der Waals surface area contributed by atoms with Crippen LogP contribution in [0.15, 0.2) is 10.5 Å². The summed E-state index contributed by atoms with van der Waals surface area (Å²) in [5.74, 6) is 0. The molecule has 0 aliphatic carbocycles. The van der Waals surface area contributed by atoms with Gasteiger partial charge in [-0.15, -0.1) is 11.3 Å². The Kier molecular flexibility index (Phi) is 4.81. The van der Waals surface area contributed by atoms with Gasteiger partial charge in [-0.3, -0.25) is 0 Å². The summed E-state index contributed by atoms with van der Waals surface area (Å²) in [6, 6.07) is 2.26. The van der Waals surface area contributed by atoms with E-state index in [1.54, 1.807) is 0 Å². The minimum absolute atomic E-state index is 0.388. The zero-order chi connectivity index (χ0) is 11.5. The average molecular weight is 290 g/mol. The van der Waals surface area contributed by atoms with E-state index in [9.17, 15) is 0 Å². The second-order valence-corrected chi connectivity index (χ2v) is 7.01. The number of nitrogens with one attached hydrogen (secondary N) is 1. The van der Waals surface area contributed by atoms with Gasteiger partial charge in [-0.05, 0) is 60.8 Å². The Bertz CT molecular complexity index is 298. The molecule has 0 amide bonds. The van der Waals surface area contributed by atoms with Crippen molar-refractivity contribution in [3.63, 3.8) is 0 Å². The van der Waals surface area contributed by atoms with Gasteiger partial charge >= 0.3 is 0 Å². The first-order valence-corrected chi connectivity index (χ1v) is 6.95. The van der Waals surface area contributed by atoms with Gasteiger partial charge in [-0.2, -0.15) is 0 Å². The molecule has 0 fully saturated rings. The molecule has 1 rings (SSSR count). The largest absolute Gasteiger partial charge is 0.319 e. The lowest BCUT2D eigenvalue weighted by Crippen LogP contribution is -2.27. The molecule has 0 atom stereocenters. The van der Waals surface area contributed by atoms with E-state index < -0.39 is 0 Å². The lowest BCUT2D eigenvalue weighted by atomic mass is 9.87. The quantitative estimate of drug-likeness (QED) is 0.864. The molecule has 0 bridgehead atoms. The van der Waals surface area contributed by atoms with E-state index in [0.717, 1.165) is 6.54 Å². The van der Waals surface area contributed by atoms with E-state index in [1.807, 2.05) is 18.4 Å². The van der Waals surface area contributed by atoms with Gasteiger partial charge in [0.1, 0.15) is 0 Å². The minimum Gasteiger partial charge on any atom is -0.319 e. The summed E-state index contributed by atoms with van der Waals surface area (Å²) in [7, 11) is 2.02. The summed E-state index contributed by atoms with van der Waals surface area (Å²) in [4.78, 5) is 2.87. The maximum atomic E-state index is 3.57. The van der Waals surface area contributed by atoms with Crippen molar-refractivity contribution in [1.82, 2.24) is 5.32 Å². The maximum Gasteiger partial charge on any atom is 0.0314 e. The fourth-order valence-corrected chi connectivity index (χ4v) is 3.27. The monoisotopic (exact) mass is 289 g/mol. The van der Waals surface area contributed by atoms with Gasteiger partial charge in [-0.1, -0.05) is 13.8 Å². The molecule has 1 aromatic heterocycles. The van der Waals surface area contributed by atoms with Crippen LogP contribution in [0.4, 0.5) is 0 Å². The number of thiophene rings is 1. The molecule has 1 N–H and O–H groups in total. The topological polar surface area (TPSA) is 12.0 Å². The molecule has 0 radical (unpaired) electrons. The van der Waals surface area contributed by atoms with E-state index in [0.29, 0.717) is 5.41 Å². The second-order valence-electron chi connectivity index (χ2n) is 4.81. The third-order valence-corrected chi connectivity index (χ3v) is 4.81. The molecule has 0 unspecified atom stereocenters. The van der Waals surface area contributed by atoms with Crippen molar-refractivity contribution in [2.75, 3.05) is 13.6 Å². The summed E-state index contributed by atoms with van der Waals surface area (Å²) >= 11 is 5.47. The molecule has 1 aromatic rings. The van der Waals surface area contributed by atoms with Crippen LogP contribution in [0.25, 0.3) is 0 Å². The lowest BCUT2D eigenvalue weighted by Gasteiger charge is -2.23. The van der Waals surface area contributed by atoms with Crippen molar-refractivity contribution in [1.29, 1.82) is 0 Å². The smallest absolute Gasteiger partial charge is 0.0314 e. The van der Waals surface area contributed by atoms with Gasteiger partial charge in [0, 0.05) is 14.2 Å². The molecular weight excluding hydrogens is 270 g/mol. The molecule has 0 aromatic carbocycles. The lowest BCUT2D eigenvalue weighted by molar-refractivity contribution is 0.325. The van der Waals surface area contributed by atoms with Crippen LogP contribution in [0, 0.1) is 12.3 Å². The van der Waals surface area contributed by atoms with E-state index in [2.05, 4.69) is 48.1 Å². The van der Waals surface area contributed by atoms with Crippen molar-refractivity contribution in [3.8, 4) is 0 Å². The highest BCUT2D eigenvalue weighted by Crippen LogP contribution is 2.30. The summed E-state index contributed by atoms with van der Waals surface area (Å²) in [6.45, 7) is 7.88. The zero-order valence-electron chi connectivity index (χ0n) is 9.98. The van der Waals surface area contributed by atoms with Gasteiger partial charge < -0.3 is 5.32 Å². The highest BCUT2D eigenvalue weighted by molar-refractivity contribution is 9.10. The van der Waals surface area contributed by atoms with Crippen LogP contribution in [0.1, 0.15) is 30.0 Å². The van der Waals surface area contributed by atoms with Crippen molar-refractivity contribution in [2.24, 2.45) is 5.41 Å². The fourth-order valence-electron chi connectivity index (χ4n) is 1.67. The minimum atomic E-state index is 0.388. The van der Waals surface area contributed by atoms with Crippen molar-refractivity contribution < 1.29 is 0 Å². The van der Waals surface area contributed by atoms with Crippen molar-refractivity contribution in [3.05, 3.63) is 20.3 Å². The van der Waals surface area contributed by atoms with E-state index in [1.165, 1.54) is 27.1 Å². The van der Waals surface area contributed by atoms with Crippen LogP contribution < -0.4 is 5.32 Å². The van der Waals surface area contributed by atoms with Crippen LogP contribution >= 0.6 is 27.3 Å². The maximum absolute atomic E-state index is 3.57.